The highest BCUT2D eigenvalue weighted by Gasteiger charge is 2.59. The summed E-state index contributed by atoms with van der Waals surface area (Å²) in [5.41, 5.74) is 0. The average molecular weight is 407 g/mol. The molecular formula is C21H34N2O4Si. The monoisotopic (exact) mass is 406 g/mol. The van der Waals surface area contributed by atoms with Gasteiger partial charge in [0.25, 0.3) is 0 Å². The van der Waals surface area contributed by atoms with Crippen molar-refractivity contribution in [1.29, 1.82) is 0 Å². The first-order valence-corrected chi connectivity index (χ1v) is 13.4. The van der Waals surface area contributed by atoms with Gasteiger partial charge in [0.1, 0.15) is 0 Å². The zero-order chi connectivity index (χ0) is 20.7. The van der Waals surface area contributed by atoms with Gasteiger partial charge in [0, 0.05) is 26.1 Å². The number of imide groups is 1. The highest BCUT2D eigenvalue weighted by Crippen LogP contribution is 2.52. The number of allylic oxidation sites excluding steroid dienone is 2. The number of hydrogen-bond acceptors (Lipinski definition) is 4. The van der Waals surface area contributed by atoms with Gasteiger partial charge in [0.15, 0.2) is 8.32 Å². The molecule has 0 spiro atoms. The number of carbonyl (C=O) groups is 3. The Morgan fingerprint density at radius 3 is 2.29 bits per heavy atom. The van der Waals surface area contributed by atoms with Crippen molar-refractivity contribution < 1.29 is 18.8 Å². The van der Waals surface area contributed by atoms with Gasteiger partial charge in [0.05, 0.1) is 11.8 Å². The summed E-state index contributed by atoms with van der Waals surface area (Å²) in [6.07, 6.45) is 6.03. The zero-order valence-electron chi connectivity index (χ0n) is 17.8. The number of carbonyl (C=O) groups excluding carboxylic acids is 3. The standard InChI is InChI=1S/C21H34N2O4Si/c1-21(2,3)28(4,5)27-12-6-10-22-16(24)9-11-23-19(25)17-14-7-8-15(13-14)18(17)20(23)26/h7-8,14-15,17-18H,6,9-13H2,1-5H3,(H,22,24)/t14?,15?,17-,18+. The first-order chi connectivity index (χ1) is 13.0. The van der Waals surface area contributed by atoms with E-state index in [1.165, 1.54) is 4.90 Å². The fourth-order valence-electron chi connectivity index (χ4n) is 4.33. The number of nitrogens with zero attached hydrogens (tertiary/aromatic N) is 1. The number of rotatable bonds is 8. The molecule has 4 atom stereocenters. The Kier molecular flexibility index (Phi) is 5.88. The predicted molar refractivity (Wildman–Crippen MR) is 110 cm³/mol. The van der Waals surface area contributed by atoms with E-state index in [1.807, 2.05) is 0 Å². The van der Waals surface area contributed by atoms with E-state index < -0.39 is 8.32 Å². The lowest BCUT2D eigenvalue weighted by molar-refractivity contribution is -0.141. The van der Waals surface area contributed by atoms with E-state index in [9.17, 15) is 14.4 Å². The van der Waals surface area contributed by atoms with E-state index in [4.69, 9.17) is 4.43 Å². The molecule has 3 rings (SSSR count). The smallest absolute Gasteiger partial charge is 0.233 e. The van der Waals surface area contributed by atoms with Gasteiger partial charge >= 0.3 is 0 Å². The number of likely N-dealkylation sites (tertiary alicyclic amines) is 1. The van der Waals surface area contributed by atoms with Crippen LogP contribution in [0, 0.1) is 23.7 Å². The van der Waals surface area contributed by atoms with Crippen LogP contribution in [-0.4, -0.2) is 50.6 Å². The summed E-state index contributed by atoms with van der Waals surface area (Å²) in [7, 11) is -1.75. The summed E-state index contributed by atoms with van der Waals surface area (Å²) in [6, 6.07) is 0. The van der Waals surface area contributed by atoms with E-state index in [1.54, 1.807) is 0 Å². The van der Waals surface area contributed by atoms with Gasteiger partial charge in [-0.1, -0.05) is 32.9 Å². The van der Waals surface area contributed by atoms with Crippen molar-refractivity contribution in [3.63, 3.8) is 0 Å². The van der Waals surface area contributed by atoms with Crippen LogP contribution in [0.1, 0.15) is 40.0 Å². The molecule has 28 heavy (non-hydrogen) atoms. The van der Waals surface area contributed by atoms with E-state index in [2.05, 4.69) is 51.3 Å². The van der Waals surface area contributed by atoms with Gasteiger partial charge in [-0.05, 0) is 42.8 Å². The topological polar surface area (TPSA) is 75.7 Å². The number of hydrogen-bond donors (Lipinski definition) is 1. The van der Waals surface area contributed by atoms with Crippen LogP contribution in [0.15, 0.2) is 12.2 Å². The summed E-state index contributed by atoms with van der Waals surface area (Å²) < 4.78 is 6.10. The number of fused-ring (bicyclic) bond motifs is 5. The van der Waals surface area contributed by atoms with Crippen molar-refractivity contribution in [3.8, 4) is 0 Å². The van der Waals surface area contributed by atoms with Crippen molar-refractivity contribution in [2.45, 2.75) is 58.2 Å². The Morgan fingerprint density at radius 2 is 1.75 bits per heavy atom. The minimum absolute atomic E-state index is 0.0811. The van der Waals surface area contributed by atoms with Crippen molar-refractivity contribution in [2.75, 3.05) is 19.7 Å². The molecule has 0 aromatic carbocycles. The molecule has 2 bridgehead atoms. The first-order valence-electron chi connectivity index (χ1n) is 10.5. The van der Waals surface area contributed by atoms with Crippen LogP contribution in [-0.2, 0) is 18.8 Å². The lowest BCUT2D eigenvalue weighted by Gasteiger charge is -2.36. The third kappa shape index (κ3) is 3.96. The fraction of sp³-hybridized carbons (Fsp3) is 0.762. The van der Waals surface area contributed by atoms with Crippen LogP contribution in [0.2, 0.25) is 18.1 Å². The molecule has 1 N–H and O–H groups in total. The molecule has 2 unspecified atom stereocenters. The molecule has 0 aromatic rings. The van der Waals surface area contributed by atoms with Crippen molar-refractivity contribution in [3.05, 3.63) is 12.2 Å². The highest BCUT2D eigenvalue weighted by molar-refractivity contribution is 6.74. The first kappa shape index (κ1) is 21.2. The normalized spacial score (nSPS) is 29.0. The Labute approximate surface area is 169 Å². The molecular weight excluding hydrogens is 372 g/mol. The minimum Gasteiger partial charge on any atom is -0.417 e. The van der Waals surface area contributed by atoms with Crippen LogP contribution in [0.4, 0.5) is 0 Å². The molecule has 6 nitrogen and oxygen atoms in total. The molecule has 2 fully saturated rings. The third-order valence-electron chi connectivity index (χ3n) is 7.04. The predicted octanol–water partition coefficient (Wildman–Crippen LogP) is 2.71. The molecule has 1 heterocycles. The lowest BCUT2D eigenvalue weighted by atomic mass is 9.85. The Balaban J connectivity index is 1.35. The quantitative estimate of drug-likeness (QED) is 0.291. The molecule has 0 radical (unpaired) electrons. The van der Waals surface area contributed by atoms with Gasteiger partial charge in [-0.3, -0.25) is 19.3 Å². The maximum Gasteiger partial charge on any atom is 0.233 e. The number of amides is 3. The summed E-state index contributed by atoms with van der Waals surface area (Å²) in [6.45, 7) is 12.4. The van der Waals surface area contributed by atoms with Gasteiger partial charge in [-0.2, -0.15) is 0 Å². The number of nitrogens with one attached hydrogen (secondary N) is 1. The Morgan fingerprint density at radius 1 is 1.18 bits per heavy atom. The minimum atomic E-state index is -1.75. The largest absolute Gasteiger partial charge is 0.417 e. The molecule has 7 heteroatoms. The molecule has 2 aliphatic carbocycles. The van der Waals surface area contributed by atoms with Gasteiger partial charge < -0.3 is 9.74 Å². The average Bonchev–Trinajstić information content (AvgIpc) is 3.26. The van der Waals surface area contributed by atoms with Gasteiger partial charge in [0.2, 0.25) is 17.7 Å². The summed E-state index contributed by atoms with van der Waals surface area (Å²) in [5, 5.41) is 3.06. The second-order valence-electron chi connectivity index (χ2n) is 9.89. The van der Waals surface area contributed by atoms with Crippen LogP contribution >= 0.6 is 0 Å². The second kappa shape index (κ2) is 7.75. The maximum absolute atomic E-state index is 12.6. The van der Waals surface area contributed by atoms with E-state index in [-0.39, 0.29) is 59.4 Å². The van der Waals surface area contributed by atoms with Gasteiger partial charge in [-0.25, -0.2) is 0 Å². The van der Waals surface area contributed by atoms with Crippen LogP contribution < -0.4 is 5.32 Å². The second-order valence-corrected chi connectivity index (χ2v) is 14.7. The molecule has 3 amide bonds. The van der Waals surface area contributed by atoms with Crippen molar-refractivity contribution >= 4 is 26.0 Å². The van der Waals surface area contributed by atoms with Gasteiger partial charge in [-0.15, -0.1) is 0 Å². The molecule has 1 saturated carbocycles. The molecule has 1 aliphatic heterocycles. The Bertz CT molecular complexity index is 652. The van der Waals surface area contributed by atoms with E-state index >= 15 is 0 Å². The molecule has 0 aromatic heterocycles. The molecule has 3 aliphatic rings. The fourth-order valence-corrected chi connectivity index (χ4v) is 5.42. The van der Waals surface area contributed by atoms with Crippen molar-refractivity contribution in [1.82, 2.24) is 10.2 Å². The molecule has 1 saturated heterocycles. The maximum atomic E-state index is 12.6. The summed E-state index contributed by atoms with van der Waals surface area (Å²) >= 11 is 0. The van der Waals surface area contributed by atoms with Crippen LogP contribution in [0.25, 0.3) is 0 Å². The Hall–Kier alpha value is -1.47. The van der Waals surface area contributed by atoms with Crippen molar-refractivity contribution in [2.24, 2.45) is 23.7 Å². The van der Waals surface area contributed by atoms with Crippen LogP contribution in [0.3, 0.4) is 0 Å². The highest BCUT2D eigenvalue weighted by atomic mass is 28.4. The lowest BCUT2D eigenvalue weighted by Crippen LogP contribution is -2.41. The van der Waals surface area contributed by atoms with E-state index in [0.717, 1.165) is 12.8 Å². The van der Waals surface area contributed by atoms with E-state index in [0.29, 0.717) is 13.2 Å². The summed E-state index contributed by atoms with van der Waals surface area (Å²) in [5.74, 6) is -0.218. The third-order valence-corrected chi connectivity index (χ3v) is 11.6. The zero-order valence-corrected chi connectivity index (χ0v) is 18.8. The summed E-state index contributed by atoms with van der Waals surface area (Å²) in [4.78, 5) is 38.6. The SMILES string of the molecule is CC(C)(C)[Si](C)(C)OCCCNC(=O)CCN1C(=O)[C@@H]2C3C=CC(C3)[C@@H]2C1=O. The van der Waals surface area contributed by atoms with Crippen LogP contribution in [0.5, 0.6) is 0 Å². The molecule has 156 valence electrons.